The summed E-state index contributed by atoms with van der Waals surface area (Å²) in [6.45, 7) is 13.3. The minimum Gasteiger partial charge on any atom is -0.309 e. The first-order chi connectivity index (χ1) is 7.89. The van der Waals surface area contributed by atoms with Crippen molar-refractivity contribution in [1.29, 1.82) is 0 Å². The number of nitrogens with zero attached hydrogens (tertiary/aromatic N) is 3. The van der Waals surface area contributed by atoms with E-state index in [0.717, 1.165) is 26.2 Å². The average Bonchev–Trinajstić information content (AvgIpc) is 2.73. The molecule has 96 valence electrons. The smallest absolute Gasteiger partial charge is 0.0536 e. The van der Waals surface area contributed by atoms with Gasteiger partial charge < -0.3 is 5.32 Å². The lowest BCUT2D eigenvalue weighted by Crippen LogP contribution is -2.66. The minimum absolute atomic E-state index is 0.208. The molecule has 0 spiro atoms. The van der Waals surface area contributed by atoms with E-state index in [-0.39, 0.29) is 11.1 Å². The molecule has 1 aromatic heterocycles. The number of hydrogen-bond acceptors (Lipinski definition) is 3. The number of nitrogens with one attached hydrogen (secondary N) is 1. The number of aromatic nitrogens is 2. The van der Waals surface area contributed by atoms with E-state index >= 15 is 0 Å². The van der Waals surface area contributed by atoms with Crippen LogP contribution in [0.15, 0.2) is 18.5 Å². The van der Waals surface area contributed by atoms with Crippen LogP contribution in [-0.2, 0) is 6.54 Å². The zero-order valence-electron chi connectivity index (χ0n) is 11.4. The van der Waals surface area contributed by atoms with E-state index in [1.807, 2.05) is 23.1 Å². The Hall–Kier alpha value is -0.870. The van der Waals surface area contributed by atoms with Gasteiger partial charge in [-0.25, -0.2) is 0 Å². The molecule has 0 amide bonds. The van der Waals surface area contributed by atoms with Crippen LogP contribution >= 0.6 is 0 Å². The summed E-state index contributed by atoms with van der Waals surface area (Å²) in [5.41, 5.74) is 0.433. The maximum atomic E-state index is 4.26. The standard InChI is InChI=1S/C13H24N4/c1-12(2)11-16(13(3,4)10-14-12)8-9-17-7-5-6-15-17/h5-7,14H,8-11H2,1-4H3. The molecule has 2 rings (SSSR count). The first kappa shape index (κ1) is 12.6. The second-order valence-corrected chi connectivity index (χ2v) is 6.24. The molecule has 0 atom stereocenters. The zero-order chi connectivity index (χ0) is 12.5. The summed E-state index contributed by atoms with van der Waals surface area (Å²) < 4.78 is 2.01. The normalized spacial score (nSPS) is 23.8. The molecule has 0 unspecified atom stereocenters. The molecule has 1 aromatic rings. The Morgan fingerprint density at radius 3 is 2.65 bits per heavy atom. The van der Waals surface area contributed by atoms with Crippen molar-refractivity contribution in [3.63, 3.8) is 0 Å². The number of rotatable bonds is 3. The highest BCUT2D eigenvalue weighted by atomic mass is 15.3. The second-order valence-electron chi connectivity index (χ2n) is 6.24. The third-order valence-electron chi connectivity index (χ3n) is 3.60. The van der Waals surface area contributed by atoms with Gasteiger partial charge in [0.2, 0.25) is 0 Å². The van der Waals surface area contributed by atoms with E-state index in [4.69, 9.17) is 0 Å². The van der Waals surface area contributed by atoms with E-state index in [0.29, 0.717) is 0 Å². The van der Waals surface area contributed by atoms with Crippen LogP contribution in [0.1, 0.15) is 27.7 Å². The average molecular weight is 236 g/mol. The molecule has 0 aromatic carbocycles. The van der Waals surface area contributed by atoms with E-state index in [2.05, 4.69) is 43.0 Å². The summed E-state index contributed by atoms with van der Waals surface area (Å²) in [6, 6.07) is 1.98. The summed E-state index contributed by atoms with van der Waals surface area (Å²) in [5.74, 6) is 0. The van der Waals surface area contributed by atoms with Crippen molar-refractivity contribution in [3.05, 3.63) is 18.5 Å². The van der Waals surface area contributed by atoms with Crippen LogP contribution in [0.2, 0.25) is 0 Å². The molecule has 1 saturated heterocycles. The molecule has 0 saturated carbocycles. The largest absolute Gasteiger partial charge is 0.309 e. The first-order valence-corrected chi connectivity index (χ1v) is 6.37. The fourth-order valence-corrected chi connectivity index (χ4v) is 2.35. The van der Waals surface area contributed by atoms with Crippen LogP contribution in [0.25, 0.3) is 0 Å². The highest BCUT2D eigenvalue weighted by Crippen LogP contribution is 2.22. The molecular formula is C13H24N4. The highest BCUT2D eigenvalue weighted by Gasteiger charge is 2.37. The Bertz CT molecular complexity index is 354. The summed E-state index contributed by atoms with van der Waals surface area (Å²) >= 11 is 0. The van der Waals surface area contributed by atoms with Crippen LogP contribution in [0.5, 0.6) is 0 Å². The van der Waals surface area contributed by atoms with Crippen molar-refractivity contribution in [2.75, 3.05) is 19.6 Å². The summed E-state index contributed by atoms with van der Waals surface area (Å²) in [6.07, 6.45) is 3.87. The molecule has 2 heterocycles. The Balaban J connectivity index is 1.97. The van der Waals surface area contributed by atoms with Crippen molar-refractivity contribution in [3.8, 4) is 0 Å². The van der Waals surface area contributed by atoms with Gasteiger partial charge in [0.15, 0.2) is 0 Å². The molecule has 4 nitrogen and oxygen atoms in total. The minimum atomic E-state index is 0.208. The third-order valence-corrected chi connectivity index (χ3v) is 3.60. The Morgan fingerprint density at radius 2 is 2.00 bits per heavy atom. The molecule has 1 aliphatic heterocycles. The lowest BCUT2D eigenvalue weighted by Gasteiger charge is -2.49. The SMILES string of the molecule is CC1(C)CN(CCn2cccn2)C(C)(C)CN1. The molecule has 4 heteroatoms. The van der Waals surface area contributed by atoms with Gasteiger partial charge in [-0.3, -0.25) is 9.58 Å². The Morgan fingerprint density at radius 1 is 1.24 bits per heavy atom. The lowest BCUT2D eigenvalue weighted by atomic mass is 9.91. The fourth-order valence-electron chi connectivity index (χ4n) is 2.35. The van der Waals surface area contributed by atoms with Gasteiger partial charge in [0, 0.05) is 43.1 Å². The van der Waals surface area contributed by atoms with E-state index < -0.39 is 0 Å². The first-order valence-electron chi connectivity index (χ1n) is 6.37. The van der Waals surface area contributed by atoms with Gasteiger partial charge in [0.05, 0.1) is 6.54 Å². The maximum Gasteiger partial charge on any atom is 0.0536 e. The van der Waals surface area contributed by atoms with Crippen LogP contribution in [0.4, 0.5) is 0 Å². The maximum absolute atomic E-state index is 4.26. The molecule has 0 bridgehead atoms. The van der Waals surface area contributed by atoms with Gasteiger partial charge >= 0.3 is 0 Å². The quantitative estimate of drug-likeness (QED) is 0.860. The van der Waals surface area contributed by atoms with Crippen LogP contribution < -0.4 is 5.32 Å². The van der Waals surface area contributed by atoms with E-state index in [9.17, 15) is 0 Å². The fraction of sp³-hybridized carbons (Fsp3) is 0.769. The van der Waals surface area contributed by atoms with Gasteiger partial charge in [-0.05, 0) is 33.8 Å². The zero-order valence-corrected chi connectivity index (χ0v) is 11.4. The van der Waals surface area contributed by atoms with Gasteiger partial charge in [-0.1, -0.05) is 0 Å². The van der Waals surface area contributed by atoms with Crippen molar-refractivity contribution in [2.24, 2.45) is 0 Å². The topological polar surface area (TPSA) is 33.1 Å². The monoisotopic (exact) mass is 236 g/mol. The third kappa shape index (κ3) is 3.07. The van der Waals surface area contributed by atoms with Crippen molar-refractivity contribution in [2.45, 2.75) is 45.3 Å². The lowest BCUT2D eigenvalue weighted by molar-refractivity contribution is 0.0357. The molecule has 0 radical (unpaired) electrons. The van der Waals surface area contributed by atoms with Crippen LogP contribution in [-0.4, -0.2) is 45.4 Å². The molecule has 0 aliphatic carbocycles. The molecule has 1 aliphatic rings. The summed E-state index contributed by atoms with van der Waals surface area (Å²) in [5, 5.41) is 7.87. The number of hydrogen-bond donors (Lipinski definition) is 1. The molecule has 1 N–H and O–H groups in total. The summed E-state index contributed by atoms with van der Waals surface area (Å²) in [4.78, 5) is 2.56. The van der Waals surface area contributed by atoms with Gasteiger partial charge in [0.25, 0.3) is 0 Å². The van der Waals surface area contributed by atoms with E-state index in [1.54, 1.807) is 0 Å². The Kier molecular flexibility index (Phi) is 3.27. The van der Waals surface area contributed by atoms with Gasteiger partial charge in [-0.15, -0.1) is 0 Å². The van der Waals surface area contributed by atoms with Crippen molar-refractivity contribution in [1.82, 2.24) is 20.0 Å². The summed E-state index contributed by atoms with van der Waals surface area (Å²) in [7, 11) is 0. The van der Waals surface area contributed by atoms with Crippen molar-refractivity contribution < 1.29 is 0 Å². The molecule has 17 heavy (non-hydrogen) atoms. The predicted octanol–water partition coefficient (Wildman–Crippen LogP) is 1.35. The predicted molar refractivity (Wildman–Crippen MR) is 70.0 cm³/mol. The molecule has 1 fully saturated rings. The highest BCUT2D eigenvalue weighted by molar-refractivity contribution is 4.97. The molecular weight excluding hydrogens is 212 g/mol. The second kappa shape index (κ2) is 4.42. The Labute approximate surface area is 104 Å². The van der Waals surface area contributed by atoms with Crippen LogP contribution in [0, 0.1) is 0 Å². The number of piperazine rings is 1. The van der Waals surface area contributed by atoms with E-state index in [1.165, 1.54) is 0 Å². The van der Waals surface area contributed by atoms with Crippen molar-refractivity contribution >= 4 is 0 Å². The van der Waals surface area contributed by atoms with Gasteiger partial charge in [0.1, 0.15) is 0 Å². The van der Waals surface area contributed by atoms with Crippen LogP contribution in [0.3, 0.4) is 0 Å². The van der Waals surface area contributed by atoms with Gasteiger partial charge in [-0.2, -0.15) is 5.10 Å².